The third-order valence-corrected chi connectivity index (χ3v) is 3.83. The molecule has 0 bridgehead atoms. The first kappa shape index (κ1) is 20.4. The van der Waals surface area contributed by atoms with Gasteiger partial charge in [0.2, 0.25) is 5.91 Å². The summed E-state index contributed by atoms with van der Waals surface area (Å²) in [5.41, 5.74) is 7.25. The molecule has 7 nitrogen and oxygen atoms in total. The standard InChI is InChI=1S/C20H24N2O5/c1-26-18(10-11-19(24)22-16-8-4-3-7-15(16)21)20(25)14-6-2-5-9-17(14)27-13-12-23/h2-11,18,20,23,25H,12-13,21H2,1H3,(H,22,24)/b11-10+/t18-,20-/m0/s1. The number of nitrogens with one attached hydrogen (secondary N) is 1. The molecule has 2 atom stereocenters. The molecule has 0 aliphatic carbocycles. The highest BCUT2D eigenvalue weighted by molar-refractivity contribution is 6.01. The van der Waals surface area contributed by atoms with Gasteiger partial charge in [0, 0.05) is 18.7 Å². The number of carbonyl (C=O) groups excluding carboxylic acids is 1. The van der Waals surface area contributed by atoms with Gasteiger partial charge < -0.3 is 30.7 Å². The maximum absolute atomic E-state index is 12.1. The SMILES string of the molecule is CO[C@@H](/C=C/C(=O)Nc1ccccc1N)[C@@H](O)c1ccccc1OCCO. The normalized spacial score (nSPS) is 13.3. The van der Waals surface area contributed by atoms with E-state index in [-0.39, 0.29) is 13.2 Å². The van der Waals surface area contributed by atoms with Gasteiger partial charge in [-0.25, -0.2) is 0 Å². The highest BCUT2D eigenvalue weighted by Crippen LogP contribution is 2.29. The molecule has 0 spiro atoms. The lowest BCUT2D eigenvalue weighted by Crippen LogP contribution is -2.20. The van der Waals surface area contributed by atoms with Gasteiger partial charge in [-0.3, -0.25) is 4.79 Å². The molecule has 0 saturated heterocycles. The summed E-state index contributed by atoms with van der Waals surface area (Å²) in [5, 5.41) is 22.2. The van der Waals surface area contributed by atoms with Crippen LogP contribution in [0.15, 0.2) is 60.7 Å². The molecular weight excluding hydrogens is 348 g/mol. The number of aliphatic hydroxyl groups is 2. The second-order valence-corrected chi connectivity index (χ2v) is 5.69. The van der Waals surface area contributed by atoms with E-state index in [9.17, 15) is 9.90 Å². The monoisotopic (exact) mass is 372 g/mol. The van der Waals surface area contributed by atoms with Gasteiger partial charge in [-0.1, -0.05) is 30.3 Å². The van der Waals surface area contributed by atoms with E-state index >= 15 is 0 Å². The molecule has 0 unspecified atom stereocenters. The van der Waals surface area contributed by atoms with Crippen LogP contribution >= 0.6 is 0 Å². The predicted octanol–water partition coefficient (Wildman–Crippen LogP) is 1.88. The van der Waals surface area contributed by atoms with Crippen molar-refractivity contribution in [3.63, 3.8) is 0 Å². The van der Waals surface area contributed by atoms with Gasteiger partial charge in [-0.15, -0.1) is 0 Å². The van der Waals surface area contributed by atoms with Crippen LogP contribution in [0.4, 0.5) is 11.4 Å². The number of benzene rings is 2. The number of ether oxygens (including phenoxy) is 2. The number of nitrogens with two attached hydrogens (primary N) is 1. The largest absolute Gasteiger partial charge is 0.491 e. The number of amides is 1. The summed E-state index contributed by atoms with van der Waals surface area (Å²) < 4.78 is 10.7. The van der Waals surface area contributed by atoms with Crippen molar-refractivity contribution in [1.82, 2.24) is 0 Å². The van der Waals surface area contributed by atoms with Crippen molar-refractivity contribution >= 4 is 17.3 Å². The number of nitrogen functional groups attached to an aromatic ring is 1. The molecule has 0 fully saturated rings. The number of hydrogen-bond acceptors (Lipinski definition) is 6. The Labute approximate surface area is 158 Å². The highest BCUT2D eigenvalue weighted by atomic mass is 16.5. The predicted molar refractivity (Wildman–Crippen MR) is 103 cm³/mol. The maximum atomic E-state index is 12.1. The Morgan fingerprint density at radius 3 is 2.63 bits per heavy atom. The molecule has 0 heterocycles. The van der Waals surface area contributed by atoms with Crippen LogP contribution in [0.1, 0.15) is 11.7 Å². The van der Waals surface area contributed by atoms with E-state index < -0.39 is 18.1 Å². The lowest BCUT2D eigenvalue weighted by molar-refractivity contribution is -0.112. The molecule has 5 N–H and O–H groups in total. The van der Waals surface area contributed by atoms with Crippen molar-refractivity contribution in [3.05, 3.63) is 66.2 Å². The van der Waals surface area contributed by atoms with Gasteiger partial charge in [0.05, 0.1) is 18.0 Å². The number of rotatable bonds is 9. The number of carbonyl (C=O) groups is 1. The van der Waals surface area contributed by atoms with Crippen LogP contribution in [-0.4, -0.2) is 42.5 Å². The minimum Gasteiger partial charge on any atom is -0.491 e. The molecule has 2 aromatic carbocycles. The fourth-order valence-corrected chi connectivity index (χ4v) is 2.47. The third kappa shape index (κ3) is 5.82. The summed E-state index contributed by atoms with van der Waals surface area (Å²) in [6.07, 6.45) is 0.904. The Bertz CT molecular complexity index is 778. The zero-order chi connectivity index (χ0) is 19.6. The van der Waals surface area contributed by atoms with E-state index in [2.05, 4.69) is 5.32 Å². The number of para-hydroxylation sites is 3. The first-order chi connectivity index (χ1) is 13.1. The second-order valence-electron chi connectivity index (χ2n) is 5.69. The smallest absolute Gasteiger partial charge is 0.248 e. The van der Waals surface area contributed by atoms with Gasteiger partial charge in [0.1, 0.15) is 24.6 Å². The average Bonchev–Trinajstić information content (AvgIpc) is 2.68. The fourth-order valence-electron chi connectivity index (χ4n) is 2.47. The lowest BCUT2D eigenvalue weighted by atomic mass is 10.0. The molecule has 0 saturated carbocycles. The molecule has 1 amide bonds. The zero-order valence-corrected chi connectivity index (χ0v) is 15.0. The van der Waals surface area contributed by atoms with Crippen molar-refractivity contribution in [2.24, 2.45) is 0 Å². The summed E-state index contributed by atoms with van der Waals surface area (Å²) in [5.74, 6) is 0.0444. The summed E-state index contributed by atoms with van der Waals surface area (Å²) >= 11 is 0. The average molecular weight is 372 g/mol. The quantitative estimate of drug-likeness (QED) is 0.395. The Morgan fingerprint density at radius 2 is 1.93 bits per heavy atom. The van der Waals surface area contributed by atoms with E-state index in [0.717, 1.165) is 0 Å². The van der Waals surface area contributed by atoms with Crippen molar-refractivity contribution in [1.29, 1.82) is 0 Å². The van der Waals surface area contributed by atoms with Crippen LogP contribution < -0.4 is 15.8 Å². The van der Waals surface area contributed by atoms with Crippen LogP contribution in [0.3, 0.4) is 0 Å². The van der Waals surface area contributed by atoms with Gasteiger partial charge in [0.25, 0.3) is 0 Å². The summed E-state index contributed by atoms with van der Waals surface area (Å²) in [6.45, 7) is -0.0288. The number of aliphatic hydroxyl groups excluding tert-OH is 2. The third-order valence-electron chi connectivity index (χ3n) is 3.83. The van der Waals surface area contributed by atoms with Crippen LogP contribution in [0.5, 0.6) is 5.75 Å². The van der Waals surface area contributed by atoms with Gasteiger partial charge in [-0.05, 0) is 24.3 Å². The Morgan fingerprint density at radius 1 is 1.22 bits per heavy atom. The van der Waals surface area contributed by atoms with Crippen molar-refractivity contribution in [2.75, 3.05) is 31.4 Å². The van der Waals surface area contributed by atoms with Gasteiger partial charge in [-0.2, -0.15) is 0 Å². The number of anilines is 2. The molecule has 144 valence electrons. The zero-order valence-electron chi connectivity index (χ0n) is 15.0. The summed E-state index contributed by atoms with van der Waals surface area (Å²) in [7, 11) is 1.43. The highest BCUT2D eigenvalue weighted by Gasteiger charge is 2.22. The molecule has 27 heavy (non-hydrogen) atoms. The molecule has 0 aliphatic rings. The minimum absolute atomic E-state index is 0.109. The molecule has 2 aromatic rings. The lowest BCUT2D eigenvalue weighted by Gasteiger charge is -2.21. The topological polar surface area (TPSA) is 114 Å². The minimum atomic E-state index is -1.06. The Hall–Kier alpha value is -2.87. The van der Waals surface area contributed by atoms with Gasteiger partial charge in [0.15, 0.2) is 0 Å². The first-order valence-electron chi connectivity index (χ1n) is 8.44. The van der Waals surface area contributed by atoms with Crippen LogP contribution in [0.2, 0.25) is 0 Å². The van der Waals surface area contributed by atoms with E-state index in [1.807, 2.05) is 0 Å². The number of hydrogen-bond donors (Lipinski definition) is 4. The van der Waals surface area contributed by atoms with Gasteiger partial charge >= 0.3 is 0 Å². The molecule has 0 radical (unpaired) electrons. The van der Waals surface area contributed by atoms with Crippen LogP contribution in [-0.2, 0) is 9.53 Å². The molecular formula is C20H24N2O5. The van der Waals surface area contributed by atoms with E-state index in [1.54, 1.807) is 48.5 Å². The summed E-state index contributed by atoms with van der Waals surface area (Å²) in [4.78, 5) is 12.1. The number of methoxy groups -OCH3 is 1. The van der Waals surface area contributed by atoms with Crippen molar-refractivity contribution in [2.45, 2.75) is 12.2 Å². The molecule has 7 heteroatoms. The van der Waals surface area contributed by atoms with E-state index in [0.29, 0.717) is 22.7 Å². The van der Waals surface area contributed by atoms with E-state index in [1.165, 1.54) is 19.3 Å². The summed E-state index contributed by atoms with van der Waals surface area (Å²) in [6, 6.07) is 13.8. The maximum Gasteiger partial charge on any atom is 0.248 e. The second kappa shape index (κ2) is 10.3. The molecule has 0 aromatic heterocycles. The Balaban J connectivity index is 2.08. The van der Waals surface area contributed by atoms with E-state index in [4.69, 9.17) is 20.3 Å². The van der Waals surface area contributed by atoms with Crippen LogP contribution in [0.25, 0.3) is 0 Å². The fraction of sp³-hybridized carbons (Fsp3) is 0.250. The van der Waals surface area contributed by atoms with Crippen molar-refractivity contribution in [3.8, 4) is 5.75 Å². The van der Waals surface area contributed by atoms with Crippen LogP contribution in [0, 0.1) is 0 Å². The molecule has 0 aliphatic heterocycles. The Kier molecular flexibility index (Phi) is 7.81. The molecule has 2 rings (SSSR count). The first-order valence-corrected chi connectivity index (χ1v) is 8.44. The van der Waals surface area contributed by atoms with Crippen molar-refractivity contribution < 1.29 is 24.5 Å².